The van der Waals surface area contributed by atoms with Gasteiger partial charge in [0.2, 0.25) is 0 Å². The van der Waals surface area contributed by atoms with Crippen LogP contribution < -0.4 is 0 Å². The van der Waals surface area contributed by atoms with Crippen LogP contribution in [0.1, 0.15) is 0 Å². The van der Waals surface area contributed by atoms with Crippen molar-refractivity contribution >= 4 is 14.5 Å². The Labute approximate surface area is 111 Å². The molecule has 88 valence electrons. The molecule has 2 aromatic carbocycles. The van der Waals surface area contributed by atoms with Gasteiger partial charge >= 0.3 is 111 Å². The Hall–Kier alpha value is -1.70. The van der Waals surface area contributed by atoms with Gasteiger partial charge < -0.3 is 0 Å². The average Bonchev–Trinajstić information content (AvgIpc) is 2.90. The van der Waals surface area contributed by atoms with Gasteiger partial charge in [0.1, 0.15) is 0 Å². The Kier molecular flexibility index (Phi) is 3.09. The summed E-state index contributed by atoms with van der Waals surface area (Å²) >= 11 is 0.255. The number of hydrogen-bond acceptors (Lipinski definition) is 1. The monoisotopic (exact) mass is 303 g/mol. The van der Waals surface area contributed by atoms with Crippen molar-refractivity contribution < 1.29 is 4.39 Å². The van der Waals surface area contributed by atoms with E-state index in [0.29, 0.717) is 0 Å². The maximum atomic E-state index is 12.9. The molecule has 18 heavy (non-hydrogen) atoms. The Bertz CT molecular complexity index is 644. The molecule has 3 heteroatoms. The van der Waals surface area contributed by atoms with Crippen LogP contribution in [-0.4, -0.2) is 19.5 Å². The van der Waals surface area contributed by atoms with Gasteiger partial charge in [-0.3, -0.25) is 0 Å². The van der Waals surface area contributed by atoms with Crippen LogP contribution in [0, 0.1) is 5.82 Å². The van der Waals surface area contributed by atoms with E-state index < -0.39 is 0 Å². The topological polar surface area (TPSA) is 12.9 Å². The molecular formula is C15H10FNSe. The summed E-state index contributed by atoms with van der Waals surface area (Å²) < 4.78 is 14.0. The quantitative estimate of drug-likeness (QED) is 0.659. The molecule has 0 aliphatic heterocycles. The summed E-state index contributed by atoms with van der Waals surface area (Å²) in [7, 11) is 0. The van der Waals surface area contributed by atoms with Crippen molar-refractivity contribution in [3.63, 3.8) is 0 Å². The van der Waals surface area contributed by atoms with Crippen LogP contribution in [0.3, 0.4) is 0 Å². The van der Waals surface area contributed by atoms with Crippen molar-refractivity contribution in [2.75, 3.05) is 0 Å². The van der Waals surface area contributed by atoms with Crippen molar-refractivity contribution in [1.82, 2.24) is 4.98 Å². The number of halogens is 1. The van der Waals surface area contributed by atoms with E-state index in [1.807, 2.05) is 18.2 Å². The Morgan fingerprint density at radius 1 is 0.833 bits per heavy atom. The third-order valence-corrected chi connectivity index (χ3v) is 4.54. The second kappa shape index (κ2) is 4.89. The molecule has 3 aromatic rings. The molecule has 1 heterocycles. The Morgan fingerprint density at radius 2 is 1.56 bits per heavy atom. The van der Waals surface area contributed by atoms with Crippen LogP contribution in [0.2, 0.25) is 0 Å². The summed E-state index contributed by atoms with van der Waals surface area (Å²) in [6.07, 6.45) is 0. The molecule has 0 aliphatic carbocycles. The Balaban J connectivity index is 1.97. The van der Waals surface area contributed by atoms with E-state index in [9.17, 15) is 4.39 Å². The van der Waals surface area contributed by atoms with Gasteiger partial charge in [-0.1, -0.05) is 0 Å². The third-order valence-electron chi connectivity index (χ3n) is 2.66. The number of rotatable bonds is 2. The van der Waals surface area contributed by atoms with Crippen LogP contribution in [0.15, 0.2) is 59.5 Å². The van der Waals surface area contributed by atoms with Gasteiger partial charge in [0, 0.05) is 0 Å². The summed E-state index contributed by atoms with van der Waals surface area (Å²) in [5.74, 6) is -0.213. The molecule has 0 saturated heterocycles. The summed E-state index contributed by atoms with van der Waals surface area (Å²) in [5, 5.41) is 0. The molecule has 0 bridgehead atoms. The van der Waals surface area contributed by atoms with Crippen LogP contribution in [-0.2, 0) is 0 Å². The molecule has 0 saturated carbocycles. The average molecular weight is 302 g/mol. The van der Waals surface area contributed by atoms with Gasteiger partial charge in [0.25, 0.3) is 0 Å². The second-order valence-electron chi connectivity index (χ2n) is 3.91. The summed E-state index contributed by atoms with van der Waals surface area (Å²) in [6.45, 7) is 0. The van der Waals surface area contributed by atoms with E-state index in [2.05, 4.69) is 22.1 Å². The van der Waals surface area contributed by atoms with Crippen LogP contribution in [0.5, 0.6) is 0 Å². The predicted molar refractivity (Wildman–Crippen MR) is 72.0 cm³/mol. The normalized spacial score (nSPS) is 10.5. The number of nitrogens with zero attached hydrogens (tertiary/aromatic N) is 1. The second-order valence-corrected chi connectivity index (χ2v) is 5.71. The standard InChI is InChI=1S/C15H10FNSe/c16-13-8-6-11(7-9-13)14-10-18-15(17-14)12-4-2-1-3-5-12/h1-10H. The van der Waals surface area contributed by atoms with Crippen molar-refractivity contribution in [3.8, 4) is 21.4 Å². The molecule has 0 atom stereocenters. The maximum absolute atomic E-state index is 12.9. The molecule has 0 unspecified atom stereocenters. The van der Waals surface area contributed by atoms with Crippen molar-refractivity contribution in [1.29, 1.82) is 0 Å². The zero-order chi connectivity index (χ0) is 12.4. The molecule has 0 N–H and O–H groups in total. The fourth-order valence-corrected chi connectivity index (χ4v) is 3.49. The molecular weight excluding hydrogens is 292 g/mol. The molecule has 0 fully saturated rings. The van der Waals surface area contributed by atoms with Gasteiger partial charge in [-0.25, -0.2) is 0 Å². The van der Waals surface area contributed by atoms with E-state index in [1.165, 1.54) is 17.7 Å². The van der Waals surface area contributed by atoms with Crippen molar-refractivity contribution in [2.24, 2.45) is 0 Å². The van der Waals surface area contributed by atoms with Crippen LogP contribution >= 0.6 is 0 Å². The van der Waals surface area contributed by atoms with Gasteiger partial charge in [0.15, 0.2) is 0 Å². The van der Waals surface area contributed by atoms with Gasteiger partial charge in [0.05, 0.1) is 0 Å². The van der Waals surface area contributed by atoms with Gasteiger partial charge in [-0.2, -0.15) is 0 Å². The molecule has 0 radical (unpaired) electrons. The molecule has 0 spiro atoms. The van der Waals surface area contributed by atoms with Crippen LogP contribution in [0.25, 0.3) is 21.4 Å². The first-order valence-electron chi connectivity index (χ1n) is 5.60. The van der Waals surface area contributed by atoms with Crippen LogP contribution in [0.4, 0.5) is 4.39 Å². The minimum atomic E-state index is -0.213. The van der Waals surface area contributed by atoms with Gasteiger partial charge in [-0.05, 0) is 0 Å². The first-order chi connectivity index (χ1) is 8.83. The zero-order valence-corrected chi connectivity index (χ0v) is 11.2. The van der Waals surface area contributed by atoms with E-state index >= 15 is 0 Å². The molecule has 1 nitrogen and oxygen atoms in total. The fourth-order valence-electron chi connectivity index (χ4n) is 1.74. The summed E-state index contributed by atoms with van der Waals surface area (Å²) in [6, 6.07) is 16.7. The SMILES string of the molecule is Fc1ccc(-c2c[se]c(-c3ccccc3)n2)cc1. The van der Waals surface area contributed by atoms with E-state index in [-0.39, 0.29) is 20.3 Å². The van der Waals surface area contributed by atoms with E-state index in [4.69, 9.17) is 0 Å². The number of hydrogen-bond donors (Lipinski definition) is 0. The zero-order valence-electron chi connectivity index (χ0n) is 9.51. The molecule has 3 rings (SSSR count). The number of aromatic nitrogens is 1. The minimum absolute atomic E-state index is 0.213. The van der Waals surface area contributed by atoms with E-state index in [0.717, 1.165) is 15.8 Å². The first-order valence-corrected chi connectivity index (χ1v) is 7.44. The third kappa shape index (κ3) is 2.28. The molecule has 0 amide bonds. The Morgan fingerprint density at radius 3 is 2.28 bits per heavy atom. The van der Waals surface area contributed by atoms with Crippen molar-refractivity contribution in [3.05, 3.63) is 65.4 Å². The summed E-state index contributed by atoms with van der Waals surface area (Å²) in [5.41, 5.74) is 3.10. The first kappa shape index (κ1) is 11.4. The van der Waals surface area contributed by atoms with Gasteiger partial charge in [-0.15, -0.1) is 0 Å². The summed E-state index contributed by atoms with van der Waals surface area (Å²) in [4.78, 5) is 6.78. The van der Waals surface area contributed by atoms with Crippen molar-refractivity contribution in [2.45, 2.75) is 0 Å². The van der Waals surface area contributed by atoms with E-state index in [1.54, 1.807) is 12.1 Å². The fraction of sp³-hybridized carbons (Fsp3) is 0. The predicted octanol–water partition coefficient (Wildman–Crippen LogP) is 3.61. The molecule has 1 aromatic heterocycles. The molecule has 0 aliphatic rings. The number of benzene rings is 2.